The summed E-state index contributed by atoms with van der Waals surface area (Å²) in [5, 5.41) is 1.05. The highest BCUT2D eigenvalue weighted by molar-refractivity contribution is 5.97. The van der Waals surface area contributed by atoms with Crippen LogP contribution in [0.1, 0.15) is 24.3 Å². The first-order valence-corrected chi connectivity index (χ1v) is 9.08. The fourth-order valence-corrected chi connectivity index (χ4v) is 4.18. The molecule has 6 nitrogen and oxygen atoms in total. The molecule has 0 bridgehead atoms. The van der Waals surface area contributed by atoms with Gasteiger partial charge in [0.2, 0.25) is 0 Å². The summed E-state index contributed by atoms with van der Waals surface area (Å²) in [6.07, 6.45) is 3.50. The highest BCUT2D eigenvalue weighted by Crippen LogP contribution is 2.36. The number of pyridine rings is 2. The largest absolute Gasteiger partial charge is 0.461 e. The number of fused-ring (bicyclic) bond motifs is 2. The van der Waals surface area contributed by atoms with E-state index in [4.69, 9.17) is 4.74 Å². The van der Waals surface area contributed by atoms with Crippen LogP contribution in [0.15, 0.2) is 24.5 Å². The number of ether oxygens (including phenoxy) is 1. The van der Waals surface area contributed by atoms with Gasteiger partial charge in [0.25, 0.3) is 0 Å². The number of aromatic nitrogens is 2. The zero-order chi connectivity index (χ0) is 17.4. The molecular weight excluding hydrogens is 316 g/mol. The molecule has 2 fully saturated rings. The maximum Gasteiger partial charge on any atom is 0.357 e. The number of anilines is 1. The van der Waals surface area contributed by atoms with Crippen LogP contribution in [0.2, 0.25) is 0 Å². The molecule has 4 rings (SSSR count). The predicted octanol–water partition coefficient (Wildman–Crippen LogP) is 2.19. The molecule has 0 amide bonds. The fraction of sp³-hybridized carbons (Fsp3) is 0.526. The van der Waals surface area contributed by atoms with Gasteiger partial charge < -0.3 is 14.5 Å². The molecular formula is C19H24N4O2. The molecule has 2 aliphatic heterocycles. The topological polar surface area (TPSA) is 58.6 Å². The molecule has 0 aromatic carbocycles. The molecule has 0 N–H and O–H groups in total. The van der Waals surface area contributed by atoms with Crippen LogP contribution in [-0.4, -0.2) is 60.2 Å². The van der Waals surface area contributed by atoms with Crippen molar-refractivity contribution in [3.05, 3.63) is 30.2 Å². The second-order valence-corrected chi connectivity index (χ2v) is 6.92. The van der Waals surface area contributed by atoms with E-state index >= 15 is 0 Å². The van der Waals surface area contributed by atoms with E-state index in [1.807, 2.05) is 19.1 Å². The van der Waals surface area contributed by atoms with Crippen LogP contribution in [0, 0.1) is 11.8 Å². The molecule has 0 unspecified atom stereocenters. The van der Waals surface area contributed by atoms with Crippen molar-refractivity contribution in [3.8, 4) is 0 Å². The summed E-state index contributed by atoms with van der Waals surface area (Å²) in [5.41, 5.74) is 2.19. The number of carbonyl (C=O) groups excluding carboxylic acids is 1. The van der Waals surface area contributed by atoms with Crippen molar-refractivity contribution in [2.45, 2.75) is 13.8 Å². The average Bonchev–Trinajstić information content (AvgIpc) is 3.19. The first kappa shape index (κ1) is 16.3. The van der Waals surface area contributed by atoms with E-state index in [1.165, 1.54) is 13.1 Å². The quantitative estimate of drug-likeness (QED) is 0.795. The number of rotatable bonds is 4. The van der Waals surface area contributed by atoms with Gasteiger partial charge >= 0.3 is 5.97 Å². The Labute approximate surface area is 147 Å². The molecule has 2 aromatic heterocycles. The van der Waals surface area contributed by atoms with Crippen molar-refractivity contribution < 1.29 is 9.53 Å². The Balaban J connectivity index is 1.68. The third-order valence-electron chi connectivity index (χ3n) is 5.42. The van der Waals surface area contributed by atoms with Crippen LogP contribution < -0.4 is 4.90 Å². The van der Waals surface area contributed by atoms with E-state index < -0.39 is 0 Å². The molecule has 2 atom stereocenters. The highest BCUT2D eigenvalue weighted by atomic mass is 16.5. The van der Waals surface area contributed by atoms with Crippen molar-refractivity contribution in [1.29, 1.82) is 0 Å². The van der Waals surface area contributed by atoms with Gasteiger partial charge in [-0.05, 0) is 37.4 Å². The number of nitrogens with zero attached hydrogens (tertiary/aromatic N) is 4. The van der Waals surface area contributed by atoms with Gasteiger partial charge in [-0.2, -0.15) is 0 Å². The van der Waals surface area contributed by atoms with Gasteiger partial charge in [-0.15, -0.1) is 0 Å². The summed E-state index contributed by atoms with van der Waals surface area (Å²) in [7, 11) is 0. The van der Waals surface area contributed by atoms with E-state index in [0.717, 1.165) is 36.2 Å². The zero-order valence-corrected chi connectivity index (χ0v) is 14.8. The molecule has 132 valence electrons. The van der Waals surface area contributed by atoms with Gasteiger partial charge in [-0.1, -0.05) is 6.92 Å². The Hall–Kier alpha value is -2.21. The molecule has 0 aliphatic carbocycles. The van der Waals surface area contributed by atoms with E-state index in [2.05, 4.69) is 26.7 Å². The van der Waals surface area contributed by atoms with Crippen molar-refractivity contribution >= 4 is 22.6 Å². The van der Waals surface area contributed by atoms with Crippen LogP contribution >= 0.6 is 0 Å². The van der Waals surface area contributed by atoms with E-state index in [0.29, 0.717) is 24.1 Å². The number of hydrogen-bond donors (Lipinski definition) is 0. The summed E-state index contributed by atoms with van der Waals surface area (Å²) in [4.78, 5) is 25.8. The van der Waals surface area contributed by atoms with Crippen LogP contribution in [-0.2, 0) is 4.74 Å². The van der Waals surface area contributed by atoms with Crippen LogP contribution in [0.5, 0.6) is 0 Å². The Morgan fingerprint density at radius 3 is 2.68 bits per heavy atom. The van der Waals surface area contributed by atoms with Crippen molar-refractivity contribution in [2.24, 2.45) is 11.8 Å². The Bertz CT molecular complexity index is 780. The lowest BCUT2D eigenvalue weighted by Crippen LogP contribution is -2.29. The molecule has 0 spiro atoms. The Morgan fingerprint density at radius 2 is 2.00 bits per heavy atom. The highest BCUT2D eigenvalue weighted by Gasteiger charge is 2.40. The SMILES string of the molecule is CCOC(=O)c1cc(N2C[C@H]3CN(CC)C[C@H]3C2)c2ccncc2n1. The van der Waals surface area contributed by atoms with Crippen molar-refractivity contribution in [3.63, 3.8) is 0 Å². The smallest absolute Gasteiger partial charge is 0.357 e. The first-order chi connectivity index (χ1) is 12.2. The Kier molecular flexibility index (Phi) is 4.29. The lowest BCUT2D eigenvalue weighted by Gasteiger charge is -2.24. The standard InChI is InChI=1S/C19H24N4O2/c1-3-22-9-13-11-23(12-14(13)10-22)18-7-16(19(24)25-4-2)21-17-8-20-6-5-15(17)18/h5-8,13-14H,3-4,9-12H2,1-2H3/t13-,14+. The molecule has 2 aromatic rings. The van der Waals surface area contributed by atoms with Gasteiger partial charge in [-0.25, -0.2) is 9.78 Å². The molecule has 2 aliphatic rings. The lowest BCUT2D eigenvalue weighted by atomic mass is 10.0. The summed E-state index contributed by atoms with van der Waals surface area (Å²) in [5.74, 6) is 1.04. The summed E-state index contributed by atoms with van der Waals surface area (Å²) in [6.45, 7) is 9.93. The van der Waals surface area contributed by atoms with Crippen molar-refractivity contribution in [2.75, 3.05) is 44.2 Å². The van der Waals surface area contributed by atoms with Crippen LogP contribution in [0.4, 0.5) is 5.69 Å². The van der Waals surface area contributed by atoms with E-state index in [9.17, 15) is 4.79 Å². The number of esters is 1. The third kappa shape index (κ3) is 2.95. The minimum absolute atomic E-state index is 0.349. The van der Waals surface area contributed by atoms with Gasteiger partial charge in [0.15, 0.2) is 5.69 Å². The number of hydrogen-bond acceptors (Lipinski definition) is 6. The first-order valence-electron chi connectivity index (χ1n) is 9.08. The normalized spacial score (nSPS) is 23.2. The maximum absolute atomic E-state index is 12.2. The minimum Gasteiger partial charge on any atom is -0.461 e. The zero-order valence-electron chi connectivity index (χ0n) is 14.8. The fourth-order valence-electron chi connectivity index (χ4n) is 4.18. The molecule has 6 heteroatoms. The van der Waals surface area contributed by atoms with E-state index in [-0.39, 0.29) is 5.97 Å². The van der Waals surface area contributed by atoms with E-state index in [1.54, 1.807) is 12.4 Å². The summed E-state index contributed by atoms with van der Waals surface area (Å²) < 4.78 is 5.15. The molecule has 25 heavy (non-hydrogen) atoms. The summed E-state index contributed by atoms with van der Waals surface area (Å²) >= 11 is 0. The lowest BCUT2D eigenvalue weighted by molar-refractivity contribution is 0.0520. The molecule has 0 saturated carbocycles. The molecule has 2 saturated heterocycles. The summed E-state index contributed by atoms with van der Waals surface area (Å²) in [6, 6.07) is 3.87. The second-order valence-electron chi connectivity index (χ2n) is 6.92. The number of likely N-dealkylation sites (tertiary alicyclic amines) is 1. The van der Waals surface area contributed by atoms with Gasteiger partial charge in [0.05, 0.1) is 18.3 Å². The van der Waals surface area contributed by atoms with Crippen LogP contribution in [0.3, 0.4) is 0 Å². The molecule has 0 radical (unpaired) electrons. The minimum atomic E-state index is -0.369. The number of carbonyl (C=O) groups is 1. The average molecular weight is 340 g/mol. The second kappa shape index (κ2) is 6.59. The predicted molar refractivity (Wildman–Crippen MR) is 96.8 cm³/mol. The Morgan fingerprint density at radius 1 is 1.24 bits per heavy atom. The maximum atomic E-state index is 12.2. The van der Waals surface area contributed by atoms with Crippen LogP contribution in [0.25, 0.3) is 10.9 Å². The third-order valence-corrected chi connectivity index (χ3v) is 5.42. The van der Waals surface area contributed by atoms with Gasteiger partial charge in [0.1, 0.15) is 0 Å². The van der Waals surface area contributed by atoms with Gasteiger partial charge in [-0.3, -0.25) is 4.98 Å². The van der Waals surface area contributed by atoms with Crippen molar-refractivity contribution in [1.82, 2.24) is 14.9 Å². The molecule has 4 heterocycles. The van der Waals surface area contributed by atoms with Gasteiger partial charge in [0, 0.05) is 43.4 Å². The monoisotopic (exact) mass is 340 g/mol.